The molecule has 0 unspecified atom stereocenters. The summed E-state index contributed by atoms with van der Waals surface area (Å²) in [7, 11) is 0. The number of hydrogen-bond donors (Lipinski definition) is 2. The Hall–Kier alpha value is -0.300. The van der Waals surface area contributed by atoms with Crippen LogP contribution in [0.15, 0.2) is 4.79 Å². The molecule has 1 aliphatic heterocycles. The van der Waals surface area contributed by atoms with Crippen LogP contribution in [-0.4, -0.2) is 36.4 Å². The average molecular weight is 259 g/mol. The van der Waals surface area contributed by atoms with E-state index in [1.165, 1.54) is 11.3 Å². The summed E-state index contributed by atoms with van der Waals surface area (Å²) in [5.41, 5.74) is 0. The number of rotatable bonds is 1. The smallest absolute Gasteiger partial charge is 0.324 e. The van der Waals surface area contributed by atoms with Crippen molar-refractivity contribution in [1.29, 1.82) is 0 Å². The van der Waals surface area contributed by atoms with Gasteiger partial charge < -0.3 is 10.2 Å². The lowest BCUT2D eigenvalue weighted by molar-refractivity contribution is 0.587. The zero-order valence-electron chi connectivity index (χ0n) is 7.36. The van der Waals surface area contributed by atoms with Gasteiger partial charge in [-0.1, -0.05) is 0 Å². The quantitative estimate of drug-likeness (QED) is 0.750. The number of nitrogens with zero attached hydrogens (tertiary/aromatic N) is 2. The molecular formula is C6H12Cl2N4OS. The maximum Gasteiger partial charge on any atom is 0.324 e. The summed E-state index contributed by atoms with van der Waals surface area (Å²) < 4.78 is 0. The predicted molar refractivity (Wildman–Crippen MR) is 62.3 cm³/mol. The molecule has 0 aromatic carbocycles. The number of halogens is 2. The van der Waals surface area contributed by atoms with E-state index >= 15 is 0 Å². The molecule has 1 aliphatic rings. The lowest BCUT2D eigenvalue weighted by Crippen LogP contribution is -2.43. The van der Waals surface area contributed by atoms with E-state index in [0.29, 0.717) is 0 Å². The average Bonchev–Trinajstić information content (AvgIpc) is 2.54. The number of H-pyrrole nitrogens is 1. The Balaban J connectivity index is 0.000000845. The molecule has 0 saturated carbocycles. The second-order valence-electron chi connectivity index (χ2n) is 2.63. The highest BCUT2D eigenvalue weighted by Gasteiger charge is 2.13. The molecule has 8 heteroatoms. The van der Waals surface area contributed by atoms with E-state index in [0.717, 1.165) is 31.3 Å². The molecule has 2 N–H and O–H groups in total. The molecule has 0 radical (unpaired) electrons. The molecule has 2 rings (SSSR count). The van der Waals surface area contributed by atoms with E-state index in [1.54, 1.807) is 0 Å². The zero-order chi connectivity index (χ0) is 8.39. The topological polar surface area (TPSA) is 61.0 Å². The van der Waals surface area contributed by atoms with Crippen LogP contribution in [0.4, 0.5) is 5.13 Å². The summed E-state index contributed by atoms with van der Waals surface area (Å²) in [6, 6.07) is 0. The van der Waals surface area contributed by atoms with Gasteiger partial charge in [-0.25, -0.2) is 5.10 Å². The Morgan fingerprint density at radius 1 is 1.29 bits per heavy atom. The standard InChI is InChI=1S/C6H10N4OS.2ClH/c11-6-9-8-5(12-6)10-3-1-7-2-4-10;;/h7H,1-4H2,(H,9,11);2*1H. The van der Waals surface area contributed by atoms with Crippen LogP contribution in [0, 0.1) is 0 Å². The van der Waals surface area contributed by atoms with Crippen molar-refractivity contribution in [3.05, 3.63) is 9.67 Å². The number of piperazine rings is 1. The minimum atomic E-state index is -0.0801. The van der Waals surface area contributed by atoms with Gasteiger partial charge in [-0.3, -0.25) is 4.79 Å². The Labute approximate surface area is 97.7 Å². The molecule has 0 amide bonds. The molecule has 1 aromatic rings. The van der Waals surface area contributed by atoms with Gasteiger partial charge in [-0.15, -0.1) is 29.9 Å². The third-order valence-corrected chi connectivity index (χ3v) is 2.62. The third-order valence-electron chi connectivity index (χ3n) is 1.81. The fourth-order valence-electron chi connectivity index (χ4n) is 1.21. The van der Waals surface area contributed by atoms with Crippen molar-refractivity contribution in [2.24, 2.45) is 0 Å². The Bertz CT molecular complexity index is 309. The van der Waals surface area contributed by atoms with E-state index in [-0.39, 0.29) is 29.7 Å². The summed E-state index contributed by atoms with van der Waals surface area (Å²) in [6.07, 6.45) is 0. The number of aromatic nitrogens is 2. The van der Waals surface area contributed by atoms with E-state index in [1.807, 2.05) is 0 Å². The summed E-state index contributed by atoms with van der Waals surface area (Å²) >= 11 is 1.17. The summed E-state index contributed by atoms with van der Waals surface area (Å²) in [5.74, 6) is 0. The normalized spacial score (nSPS) is 15.6. The first-order valence-electron chi connectivity index (χ1n) is 3.87. The van der Waals surface area contributed by atoms with Crippen molar-refractivity contribution in [3.8, 4) is 0 Å². The zero-order valence-corrected chi connectivity index (χ0v) is 9.81. The largest absolute Gasteiger partial charge is 0.344 e. The molecule has 0 aliphatic carbocycles. The maximum atomic E-state index is 10.8. The molecule has 82 valence electrons. The molecule has 0 atom stereocenters. The molecule has 1 fully saturated rings. The monoisotopic (exact) mass is 258 g/mol. The third kappa shape index (κ3) is 3.13. The van der Waals surface area contributed by atoms with Gasteiger partial charge in [0.25, 0.3) is 0 Å². The molecule has 14 heavy (non-hydrogen) atoms. The van der Waals surface area contributed by atoms with Crippen molar-refractivity contribution in [2.45, 2.75) is 0 Å². The number of aromatic amines is 1. The number of anilines is 1. The van der Waals surface area contributed by atoms with Gasteiger partial charge in [-0.05, 0) is 11.3 Å². The van der Waals surface area contributed by atoms with Gasteiger partial charge in [0.1, 0.15) is 0 Å². The summed E-state index contributed by atoms with van der Waals surface area (Å²) in [4.78, 5) is 12.8. The molecule has 2 heterocycles. The summed E-state index contributed by atoms with van der Waals surface area (Å²) in [6.45, 7) is 3.79. The first kappa shape index (κ1) is 13.7. The molecule has 0 bridgehead atoms. The van der Waals surface area contributed by atoms with Crippen LogP contribution in [0.25, 0.3) is 0 Å². The van der Waals surface area contributed by atoms with E-state index in [2.05, 4.69) is 20.4 Å². The van der Waals surface area contributed by atoms with Gasteiger partial charge >= 0.3 is 4.87 Å². The minimum absolute atomic E-state index is 0. The van der Waals surface area contributed by atoms with Crippen molar-refractivity contribution >= 4 is 41.3 Å². The molecular weight excluding hydrogens is 247 g/mol. The first-order chi connectivity index (χ1) is 5.86. The molecule has 5 nitrogen and oxygen atoms in total. The van der Waals surface area contributed by atoms with E-state index < -0.39 is 0 Å². The molecule has 0 spiro atoms. The van der Waals surface area contributed by atoms with Gasteiger partial charge in [0, 0.05) is 26.2 Å². The first-order valence-corrected chi connectivity index (χ1v) is 4.69. The van der Waals surface area contributed by atoms with Crippen LogP contribution in [0.2, 0.25) is 0 Å². The Kier molecular flexibility index (Phi) is 6.10. The fraction of sp³-hybridized carbons (Fsp3) is 0.667. The van der Waals surface area contributed by atoms with Gasteiger partial charge in [-0.2, -0.15) is 0 Å². The van der Waals surface area contributed by atoms with E-state index in [9.17, 15) is 4.79 Å². The molecule has 1 aromatic heterocycles. The number of hydrogen-bond acceptors (Lipinski definition) is 5. The van der Waals surface area contributed by atoms with Crippen molar-refractivity contribution < 1.29 is 0 Å². The van der Waals surface area contributed by atoms with Gasteiger partial charge in [0.05, 0.1) is 0 Å². The van der Waals surface area contributed by atoms with Crippen LogP contribution in [0.3, 0.4) is 0 Å². The van der Waals surface area contributed by atoms with Gasteiger partial charge in [0.2, 0.25) is 5.13 Å². The lowest BCUT2D eigenvalue weighted by Gasteiger charge is -2.25. The highest BCUT2D eigenvalue weighted by molar-refractivity contribution is 7.12. The van der Waals surface area contributed by atoms with Crippen LogP contribution in [-0.2, 0) is 0 Å². The van der Waals surface area contributed by atoms with Crippen LogP contribution in [0.1, 0.15) is 0 Å². The maximum absolute atomic E-state index is 10.8. The highest BCUT2D eigenvalue weighted by Crippen LogP contribution is 2.11. The molecule has 1 saturated heterocycles. The van der Waals surface area contributed by atoms with E-state index in [4.69, 9.17) is 0 Å². The van der Waals surface area contributed by atoms with Crippen molar-refractivity contribution in [2.75, 3.05) is 31.1 Å². The van der Waals surface area contributed by atoms with Crippen molar-refractivity contribution in [1.82, 2.24) is 15.5 Å². The SMILES string of the molecule is Cl.Cl.O=c1[nH]nc(N2CCNCC2)s1. The second kappa shape index (κ2) is 6.23. The van der Waals surface area contributed by atoms with Gasteiger partial charge in [0.15, 0.2) is 0 Å². The van der Waals surface area contributed by atoms with Crippen LogP contribution in [0.5, 0.6) is 0 Å². The lowest BCUT2D eigenvalue weighted by atomic mass is 10.4. The second-order valence-corrected chi connectivity index (χ2v) is 3.57. The highest BCUT2D eigenvalue weighted by atomic mass is 35.5. The minimum Gasteiger partial charge on any atom is -0.344 e. The Morgan fingerprint density at radius 2 is 1.93 bits per heavy atom. The fourth-order valence-corrected chi connectivity index (χ4v) is 1.87. The number of nitrogens with one attached hydrogen (secondary N) is 2. The summed E-state index contributed by atoms with van der Waals surface area (Å²) in [5, 5.41) is 10.4. The van der Waals surface area contributed by atoms with Crippen LogP contribution < -0.4 is 15.1 Å². The van der Waals surface area contributed by atoms with Crippen LogP contribution >= 0.6 is 36.2 Å². The van der Waals surface area contributed by atoms with Crippen molar-refractivity contribution in [3.63, 3.8) is 0 Å². The predicted octanol–water partition coefficient (Wildman–Crippen LogP) is 0.0846. The Morgan fingerprint density at radius 3 is 2.43 bits per heavy atom.